The molecule has 0 atom stereocenters. The van der Waals surface area contributed by atoms with Gasteiger partial charge in [-0.2, -0.15) is 0 Å². The summed E-state index contributed by atoms with van der Waals surface area (Å²) < 4.78 is 5.61. The maximum Gasteiger partial charge on any atom is 0.347 e. The number of hydrogen-bond acceptors (Lipinski definition) is 5. The number of nitrogens with zero attached hydrogens (tertiary/aromatic N) is 2. The Morgan fingerprint density at radius 2 is 2.20 bits per heavy atom. The first-order valence-electron chi connectivity index (χ1n) is 7.18. The molecule has 0 aliphatic heterocycles. The molecule has 1 aromatic heterocycles. The molecule has 20 heavy (non-hydrogen) atoms. The van der Waals surface area contributed by atoms with Gasteiger partial charge in [-0.25, -0.2) is 9.78 Å². The highest BCUT2D eigenvalue weighted by molar-refractivity contribution is 7.17. The molecule has 1 heterocycles. The number of hydrogen-bond donors (Lipinski definition) is 1. The number of thiazole rings is 1. The summed E-state index contributed by atoms with van der Waals surface area (Å²) in [6.45, 7) is 2.29. The van der Waals surface area contributed by atoms with Gasteiger partial charge in [-0.15, -0.1) is 0 Å². The quantitative estimate of drug-likeness (QED) is 0.747. The molecule has 2 aliphatic carbocycles. The fourth-order valence-corrected chi connectivity index (χ4v) is 3.08. The summed E-state index contributed by atoms with van der Waals surface area (Å²) in [5.74, 6) is 0.292. The third-order valence-electron chi connectivity index (χ3n) is 3.75. The van der Waals surface area contributed by atoms with Crippen molar-refractivity contribution < 1.29 is 14.6 Å². The summed E-state index contributed by atoms with van der Waals surface area (Å²) in [6.07, 6.45) is 4.74. The number of carboxylic acid groups (broad SMARTS) is 1. The van der Waals surface area contributed by atoms with Crippen molar-refractivity contribution in [1.82, 2.24) is 4.98 Å². The Morgan fingerprint density at radius 3 is 2.80 bits per heavy atom. The molecular weight excluding hydrogens is 276 g/mol. The van der Waals surface area contributed by atoms with Gasteiger partial charge in [0.1, 0.15) is 4.88 Å². The monoisotopic (exact) mass is 296 g/mol. The first kappa shape index (κ1) is 13.8. The van der Waals surface area contributed by atoms with Crippen LogP contribution in [0.25, 0.3) is 0 Å². The van der Waals surface area contributed by atoms with Crippen molar-refractivity contribution in [3.8, 4) is 0 Å². The van der Waals surface area contributed by atoms with Crippen LogP contribution in [-0.2, 0) is 4.74 Å². The van der Waals surface area contributed by atoms with E-state index in [-0.39, 0.29) is 0 Å². The number of aromatic nitrogens is 1. The minimum atomic E-state index is -0.853. The second kappa shape index (κ2) is 5.69. The maximum absolute atomic E-state index is 11.3. The Labute approximate surface area is 122 Å². The van der Waals surface area contributed by atoms with Crippen molar-refractivity contribution in [2.75, 3.05) is 31.7 Å². The SMILES string of the molecule is CN(CCOCC1CC1)c1nc(C2CC2)c(C(=O)O)s1. The third-order valence-corrected chi connectivity index (χ3v) is 4.92. The van der Waals surface area contributed by atoms with Gasteiger partial charge in [-0.05, 0) is 31.6 Å². The van der Waals surface area contributed by atoms with Gasteiger partial charge in [0, 0.05) is 26.1 Å². The van der Waals surface area contributed by atoms with Crippen molar-refractivity contribution in [1.29, 1.82) is 0 Å². The van der Waals surface area contributed by atoms with E-state index < -0.39 is 5.97 Å². The maximum atomic E-state index is 11.3. The van der Waals surface area contributed by atoms with E-state index in [2.05, 4.69) is 4.98 Å². The lowest BCUT2D eigenvalue weighted by Crippen LogP contribution is -2.22. The van der Waals surface area contributed by atoms with Crippen molar-refractivity contribution in [2.24, 2.45) is 5.92 Å². The standard InChI is InChI=1S/C14H20N2O3S/c1-16(6-7-19-8-9-2-3-9)14-15-11(10-4-5-10)12(20-14)13(17)18/h9-10H,2-8H2,1H3,(H,17,18). The normalized spacial score (nSPS) is 18.2. The van der Waals surface area contributed by atoms with Crippen LogP contribution in [0.5, 0.6) is 0 Å². The molecule has 0 bridgehead atoms. The molecule has 0 spiro atoms. The smallest absolute Gasteiger partial charge is 0.347 e. The summed E-state index contributed by atoms with van der Waals surface area (Å²) in [5.41, 5.74) is 0.781. The summed E-state index contributed by atoms with van der Waals surface area (Å²) >= 11 is 1.28. The van der Waals surface area contributed by atoms with E-state index in [1.807, 2.05) is 11.9 Å². The van der Waals surface area contributed by atoms with Crippen LogP contribution in [0.3, 0.4) is 0 Å². The van der Waals surface area contributed by atoms with Gasteiger partial charge in [-0.3, -0.25) is 0 Å². The summed E-state index contributed by atoms with van der Waals surface area (Å²) in [5, 5.41) is 10.0. The van der Waals surface area contributed by atoms with Crippen LogP contribution in [0, 0.1) is 5.92 Å². The lowest BCUT2D eigenvalue weighted by Gasteiger charge is -2.15. The zero-order valence-corrected chi connectivity index (χ0v) is 12.5. The lowest BCUT2D eigenvalue weighted by molar-refractivity contribution is 0.0700. The van der Waals surface area contributed by atoms with Gasteiger partial charge < -0.3 is 14.7 Å². The molecule has 1 aromatic rings. The number of likely N-dealkylation sites (N-methyl/N-ethyl adjacent to an activating group) is 1. The molecule has 5 nitrogen and oxygen atoms in total. The van der Waals surface area contributed by atoms with E-state index >= 15 is 0 Å². The van der Waals surface area contributed by atoms with Crippen LogP contribution in [-0.4, -0.2) is 42.9 Å². The van der Waals surface area contributed by atoms with Crippen LogP contribution in [0.2, 0.25) is 0 Å². The van der Waals surface area contributed by atoms with Crippen LogP contribution < -0.4 is 4.90 Å². The zero-order valence-electron chi connectivity index (χ0n) is 11.7. The highest BCUT2D eigenvalue weighted by Gasteiger charge is 2.32. The van der Waals surface area contributed by atoms with E-state index in [1.165, 1.54) is 24.2 Å². The molecule has 0 amide bonds. The Hall–Kier alpha value is -1.14. The molecule has 0 aromatic carbocycles. The first-order valence-corrected chi connectivity index (χ1v) is 7.99. The summed E-state index contributed by atoms with van der Waals surface area (Å²) in [6, 6.07) is 0. The number of carboxylic acids is 1. The number of ether oxygens (including phenoxy) is 1. The number of rotatable bonds is 8. The first-order chi connectivity index (χ1) is 9.65. The Balaban J connectivity index is 1.57. The molecule has 0 radical (unpaired) electrons. The van der Waals surface area contributed by atoms with Crippen molar-refractivity contribution in [3.05, 3.63) is 10.6 Å². The predicted octanol–water partition coefficient (Wildman–Crippen LogP) is 2.58. The molecule has 2 aliphatic rings. The second-order valence-electron chi connectivity index (χ2n) is 5.73. The number of anilines is 1. The molecule has 6 heteroatoms. The molecule has 1 N–H and O–H groups in total. The van der Waals surface area contributed by atoms with E-state index in [0.717, 1.165) is 42.7 Å². The molecule has 0 saturated heterocycles. The second-order valence-corrected chi connectivity index (χ2v) is 6.71. The van der Waals surface area contributed by atoms with Crippen LogP contribution in [0.1, 0.15) is 47.0 Å². The average Bonchev–Trinajstić information content (AvgIpc) is 3.33. The Morgan fingerprint density at radius 1 is 1.45 bits per heavy atom. The van der Waals surface area contributed by atoms with Crippen molar-refractivity contribution >= 4 is 22.4 Å². The van der Waals surface area contributed by atoms with Gasteiger partial charge in [0.05, 0.1) is 12.3 Å². The van der Waals surface area contributed by atoms with E-state index in [4.69, 9.17) is 4.74 Å². The van der Waals surface area contributed by atoms with Crippen molar-refractivity contribution in [2.45, 2.75) is 31.6 Å². The fraction of sp³-hybridized carbons (Fsp3) is 0.714. The Bertz CT molecular complexity index is 495. The van der Waals surface area contributed by atoms with E-state index in [0.29, 0.717) is 17.4 Å². The van der Waals surface area contributed by atoms with E-state index in [9.17, 15) is 9.90 Å². The highest BCUT2D eigenvalue weighted by Crippen LogP contribution is 2.44. The summed E-state index contributed by atoms with van der Waals surface area (Å²) in [7, 11) is 1.95. The zero-order chi connectivity index (χ0) is 14.1. The lowest BCUT2D eigenvalue weighted by atomic mass is 10.2. The van der Waals surface area contributed by atoms with Gasteiger partial charge in [0.2, 0.25) is 0 Å². The molecule has 2 saturated carbocycles. The topological polar surface area (TPSA) is 62.7 Å². The minimum Gasteiger partial charge on any atom is -0.477 e. The fourth-order valence-electron chi connectivity index (χ4n) is 2.10. The average molecular weight is 296 g/mol. The number of aromatic carboxylic acids is 1. The summed E-state index contributed by atoms with van der Waals surface area (Å²) in [4.78, 5) is 18.2. The highest BCUT2D eigenvalue weighted by atomic mass is 32.1. The molecular formula is C14H20N2O3S. The van der Waals surface area contributed by atoms with Crippen LogP contribution in [0.4, 0.5) is 5.13 Å². The van der Waals surface area contributed by atoms with Crippen molar-refractivity contribution in [3.63, 3.8) is 0 Å². The van der Waals surface area contributed by atoms with Gasteiger partial charge >= 0.3 is 5.97 Å². The molecule has 0 unspecified atom stereocenters. The molecule has 3 rings (SSSR count). The molecule has 110 valence electrons. The number of carbonyl (C=O) groups is 1. The van der Waals surface area contributed by atoms with Gasteiger partial charge in [0.25, 0.3) is 0 Å². The largest absolute Gasteiger partial charge is 0.477 e. The minimum absolute atomic E-state index is 0.366. The van der Waals surface area contributed by atoms with Crippen LogP contribution in [0.15, 0.2) is 0 Å². The Kier molecular flexibility index (Phi) is 3.94. The van der Waals surface area contributed by atoms with Gasteiger partial charge in [0.15, 0.2) is 5.13 Å². The third kappa shape index (κ3) is 3.30. The predicted molar refractivity (Wildman–Crippen MR) is 77.9 cm³/mol. The van der Waals surface area contributed by atoms with Gasteiger partial charge in [-0.1, -0.05) is 11.3 Å². The molecule has 2 fully saturated rings. The van der Waals surface area contributed by atoms with Crippen LogP contribution >= 0.6 is 11.3 Å². The van der Waals surface area contributed by atoms with E-state index in [1.54, 1.807) is 0 Å².